The van der Waals surface area contributed by atoms with Crippen LogP contribution >= 0.6 is 0 Å². The van der Waals surface area contributed by atoms with Crippen LogP contribution in [0.2, 0.25) is 0 Å². The summed E-state index contributed by atoms with van der Waals surface area (Å²) in [6.45, 7) is 1.94. The molecule has 0 bridgehead atoms. The maximum absolute atomic E-state index is 12.5. The van der Waals surface area contributed by atoms with E-state index in [2.05, 4.69) is 5.32 Å². The number of nitro groups is 1. The lowest BCUT2D eigenvalue weighted by Crippen LogP contribution is -2.37. The molecule has 8 heteroatoms. The lowest BCUT2D eigenvalue weighted by atomic mass is 10.1. The molecule has 1 atom stereocenters. The van der Waals surface area contributed by atoms with Crippen LogP contribution in [-0.2, 0) is 4.79 Å². The van der Waals surface area contributed by atoms with E-state index < -0.39 is 10.8 Å². The zero-order valence-corrected chi connectivity index (χ0v) is 15.0. The number of anilines is 1. The van der Waals surface area contributed by atoms with Gasteiger partial charge in [-0.3, -0.25) is 19.7 Å². The fourth-order valence-corrected chi connectivity index (χ4v) is 3.05. The van der Waals surface area contributed by atoms with E-state index in [-0.39, 0.29) is 29.6 Å². The number of rotatable bonds is 5. The third-order valence-corrected chi connectivity index (χ3v) is 4.49. The first kappa shape index (κ1) is 18.4. The molecule has 1 aliphatic heterocycles. The van der Waals surface area contributed by atoms with Crippen LogP contribution in [0.5, 0.6) is 5.75 Å². The van der Waals surface area contributed by atoms with Crippen LogP contribution in [0, 0.1) is 17.0 Å². The van der Waals surface area contributed by atoms with E-state index in [9.17, 15) is 19.7 Å². The number of hydrogen-bond donors (Lipinski definition) is 1. The van der Waals surface area contributed by atoms with Gasteiger partial charge in [0.15, 0.2) is 0 Å². The molecule has 0 aromatic heterocycles. The average molecular weight is 369 g/mol. The maximum Gasteiger partial charge on any atom is 0.273 e. The Kier molecular flexibility index (Phi) is 5.07. The lowest BCUT2D eigenvalue weighted by Gasteiger charge is -2.18. The molecule has 3 rings (SSSR count). The van der Waals surface area contributed by atoms with Crippen molar-refractivity contribution < 1.29 is 19.2 Å². The number of amides is 2. The minimum Gasteiger partial charge on any atom is -0.497 e. The van der Waals surface area contributed by atoms with Gasteiger partial charge < -0.3 is 15.0 Å². The predicted octanol–water partition coefficient (Wildman–Crippen LogP) is 2.45. The molecular formula is C19H19N3O5. The van der Waals surface area contributed by atoms with Crippen molar-refractivity contribution in [2.75, 3.05) is 18.6 Å². The molecule has 1 N–H and O–H groups in total. The van der Waals surface area contributed by atoms with Gasteiger partial charge in [0.25, 0.3) is 11.6 Å². The monoisotopic (exact) mass is 369 g/mol. The minimum absolute atomic E-state index is 0.108. The highest BCUT2D eigenvalue weighted by Gasteiger charge is 2.32. The second-order valence-corrected chi connectivity index (χ2v) is 6.34. The predicted molar refractivity (Wildman–Crippen MR) is 99.1 cm³/mol. The molecule has 1 fully saturated rings. The molecule has 2 aromatic rings. The quantitative estimate of drug-likeness (QED) is 0.644. The lowest BCUT2D eigenvalue weighted by molar-refractivity contribution is -0.385. The van der Waals surface area contributed by atoms with Gasteiger partial charge in [0.1, 0.15) is 5.75 Å². The zero-order valence-electron chi connectivity index (χ0n) is 15.0. The molecule has 1 unspecified atom stereocenters. The molecule has 2 amide bonds. The number of carbonyl (C=O) groups excluding carboxylic acids is 2. The first-order chi connectivity index (χ1) is 12.9. The van der Waals surface area contributed by atoms with Crippen LogP contribution in [0.15, 0.2) is 42.5 Å². The molecule has 1 saturated heterocycles. The Bertz CT molecular complexity index is 912. The van der Waals surface area contributed by atoms with E-state index in [0.29, 0.717) is 23.5 Å². The first-order valence-electron chi connectivity index (χ1n) is 8.39. The summed E-state index contributed by atoms with van der Waals surface area (Å²) in [5.41, 5.74) is 1.27. The fraction of sp³-hybridized carbons (Fsp3) is 0.263. The minimum atomic E-state index is -0.518. The summed E-state index contributed by atoms with van der Waals surface area (Å²) in [5, 5.41) is 13.8. The van der Waals surface area contributed by atoms with E-state index in [1.165, 1.54) is 18.2 Å². The van der Waals surface area contributed by atoms with E-state index in [1.807, 2.05) is 0 Å². The van der Waals surface area contributed by atoms with Gasteiger partial charge >= 0.3 is 0 Å². The van der Waals surface area contributed by atoms with Crippen LogP contribution in [-0.4, -0.2) is 36.4 Å². The summed E-state index contributed by atoms with van der Waals surface area (Å²) in [7, 11) is 1.55. The van der Waals surface area contributed by atoms with Crippen molar-refractivity contribution in [2.45, 2.75) is 19.4 Å². The Balaban J connectivity index is 1.72. The normalized spacial score (nSPS) is 16.3. The molecule has 8 nitrogen and oxygen atoms in total. The number of nitrogens with zero attached hydrogens (tertiary/aromatic N) is 2. The third kappa shape index (κ3) is 3.89. The van der Waals surface area contributed by atoms with Crippen LogP contribution in [0.3, 0.4) is 0 Å². The number of nitrogens with one attached hydrogen (secondary N) is 1. The number of carbonyl (C=O) groups is 2. The van der Waals surface area contributed by atoms with E-state index in [1.54, 1.807) is 43.2 Å². The van der Waals surface area contributed by atoms with Crippen molar-refractivity contribution in [2.24, 2.45) is 0 Å². The molecule has 1 aliphatic rings. The van der Waals surface area contributed by atoms with Gasteiger partial charge in [-0.15, -0.1) is 0 Å². The number of nitro benzene ring substituents is 1. The van der Waals surface area contributed by atoms with Crippen molar-refractivity contribution >= 4 is 23.2 Å². The van der Waals surface area contributed by atoms with Crippen molar-refractivity contribution in [3.63, 3.8) is 0 Å². The molecule has 0 radical (unpaired) electrons. The summed E-state index contributed by atoms with van der Waals surface area (Å²) in [4.78, 5) is 36.9. The number of methoxy groups -OCH3 is 1. The van der Waals surface area contributed by atoms with Crippen LogP contribution < -0.4 is 15.0 Å². The number of aryl methyl sites for hydroxylation is 1. The van der Waals surface area contributed by atoms with Gasteiger partial charge in [-0.05, 0) is 25.1 Å². The summed E-state index contributed by atoms with van der Waals surface area (Å²) >= 11 is 0. The molecule has 0 spiro atoms. The van der Waals surface area contributed by atoms with Crippen molar-refractivity contribution in [3.8, 4) is 5.75 Å². The smallest absolute Gasteiger partial charge is 0.273 e. The molecule has 1 heterocycles. The highest BCUT2D eigenvalue weighted by atomic mass is 16.6. The van der Waals surface area contributed by atoms with Gasteiger partial charge in [0.2, 0.25) is 5.91 Å². The second kappa shape index (κ2) is 7.45. The molecular weight excluding hydrogens is 350 g/mol. The van der Waals surface area contributed by atoms with Crippen LogP contribution in [0.4, 0.5) is 11.4 Å². The standard InChI is InChI=1S/C19H19N3O5/c1-12-6-7-13(8-17(12)22(25)26)19(24)20-14-9-18(23)21(11-14)15-4-3-5-16(10-15)27-2/h3-8,10,14H,9,11H2,1-2H3,(H,20,24). The number of benzene rings is 2. The molecule has 0 saturated carbocycles. The van der Waals surface area contributed by atoms with Crippen LogP contribution in [0.25, 0.3) is 0 Å². The number of ether oxygens (including phenoxy) is 1. The molecule has 140 valence electrons. The Morgan fingerprint density at radius 2 is 2.07 bits per heavy atom. The highest BCUT2D eigenvalue weighted by Crippen LogP contribution is 2.26. The van der Waals surface area contributed by atoms with Gasteiger partial charge in [-0.25, -0.2) is 0 Å². The topological polar surface area (TPSA) is 102 Å². The largest absolute Gasteiger partial charge is 0.497 e. The van der Waals surface area contributed by atoms with Crippen molar-refractivity contribution in [3.05, 3.63) is 63.7 Å². The molecule has 0 aliphatic carbocycles. The Hall–Kier alpha value is -3.42. The first-order valence-corrected chi connectivity index (χ1v) is 8.39. The van der Waals surface area contributed by atoms with E-state index >= 15 is 0 Å². The Morgan fingerprint density at radius 3 is 2.78 bits per heavy atom. The SMILES string of the molecule is COc1cccc(N2CC(NC(=O)c3ccc(C)c([N+](=O)[O-])c3)CC2=O)c1. The fourth-order valence-electron chi connectivity index (χ4n) is 3.05. The molecule has 2 aromatic carbocycles. The maximum atomic E-state index is 12.5. The average Bonchev–Trinajstić information content (AvgIpc) is 3.02. The zero-order chi connectivity index (χ0) is 19.6. The highest BCUT2D eigenvalue weighted by molar-refractivity contribution is 5.99. The summed E-state index contributed by atoms with van der Waals surface area (Å²) in [6, 6.07) is 11.1. The van der Waals surface area contributed by atoms with Gasteiger partial charge in [0.05, 0.1) is 18.1 Å². The van der Waals surface area contributed by atoms with Crippen molar-refractivity contribution in [1.29, 1.82) is 0 Å². The summed E-state index contributed by atoms with van der Waals surface area (Å²) in [5.74, 6) is 0.0894. The van der Waals surface area contributed by atoms with E-state index in [0.717, 1.165) is 0 Å². The third-order valence-electron chi connectivity index (χ3n) is 4.49. The summed E-state index contributed by atoms with van der Waals surface area (Å²) < 4.78 is 5.18. The van der Waals surface area contributed by atoms with E-state index in [4.69, 9.17) is 4.74 Å². The number of hydrogen-bond acceptors (Lipinski definition) is 5. The Morgan fingerprint density at radius 1 is 1.30 bits per heavy atom. The summed E-state index contributed by atoms with van der Waals surface area (Å²) in [6.07, 6.45) is 0.164. The second-order valence-electron chi connectivity index (χ2n) is 6.34. The van der Waals surface area contributed by atoms with Gasteiger partial charge in [0, 0.05) is 41.9 Å². The van der Waals surface area contributed by atoms with Crippen LogP contribution in [0.1, 0.15) is 22.3 Å². The van der Waals surface area contributed by atoms with Gasteiger partial charge in [-0.1, -0.05) is 12.1 Å². The van der Waals surface area contributed by atoms with Gasteiger partial charge in [-0.2, -0.15) is 0 Å². The molecule has 27 heavy (non-hydrogen) atoms. The van der Waals surface area contributed by atoms with Crippen molar-refractivity contribution in [1.82, 2.24) is 5.32 Å². The Labute approximate surface area is 155 Å².